The maximum atomic E-state index is 12.7. The standard InChI is InChI=1S/C24H26N6O3/c1-15-19(21(31)26-12-16-6-9-18(32-5)10-7-16)14-27-30(15)20-11-8-17(13-25-20)22-28-23(29-33-22)24(2,3)4/h6-11,13-14H,12H2,1-5H3,(H,26,31). The van der Waals surface area contributed by atoms with E-state index in [9.17, 15) is 4.79 Å². The Morgan fingerprint density at radius 2 is 1.88 bits per heavy atom. The van der Waals surface area contributed by atoms with E-state index in [1.807, 2.05) is 58.0 Å². The molecule has 3 heterocycles. The summed E-state index contributed by atoms with van der Waals surface area (Å²) in [7, 11) is 1.62. The second kappa shape index (κ2) is 8.85. The van der Waals surface area contributed by atoms with Gasteiger partial charge in [0.2, 0.25) is 0 Å². The van der Waals surface area contributed by atoms with Gasteiger partial charge in [0.1, 0.15) is 5.75 Å². The van der Waals surface area contributed by atoms with Gasteiger partial charge < -0.3 is 14.6 Å². The van der Waals surface area contributed by atoms with Crippen molar-refractivity contribution in [2.24, 2.45) is 0 Å². The molecular formula is C24H26N6O3. The van der Waals surface area contributed by atoms with E-state index in [1.165, 1.54) is 0 Å². The molecule has 0 radical (unpaired) electrons. The van der Waals surface area contributed by atoms with Crippen LogP contribution in [-0.2, 0) is 12.0 Å². The molecular weight excluding hydrogens is 420 g/mol. The van der Waals surface area contributed by atoms with E-state index in [0.717, 1.165) is 11.3 Å². The van der Waals surface area contributed by atoms with Crippen LogP contribution in [0.5, 0.6) is 5.75 Å². The highest BCUT2D eigenvalue weighted by molar-refractivity contribution is 5.95. The second-order valence-corrected chi connectivity index (χ2v) is 8.66. The molecule has 4 rings (SSSR count). The molecule has 0 aliphatic rings. The van der Waals surface area contributed by atoms with Gasteiger partial charge in [-0.2, -0.15) is 10.1 Å². The Balaban J connectivity index is 1.46. The lowest BCUT2D eigenvalue weighted by Crippen LogP contribution is -2.23. The van der Waals surface area contributed by atoms with Crippen molar-refractivity contribution in [3.63, 3.8) is 0 Å². The molecule has 33 heavy (non-hydrogen) atoms. The van der Waals surface area contributed by atoms with Crippen molar-refractivity contribution < 1.29 is 14.1 Å². The Kier molecular flexibility index (Phi) is 5.95. The molecule has 1 N–H and O–H groups in total. The summed E-state index contributed by atoms with van der Waals surface area (Å²) < 4.78 is 12.2. The van der Waals surface area contributed by atoms with Crippen molar-refractivity contribution in [2.45, 2.75) is 39.7 Å². The maximum Gasteiger partial charge on any atom is 0.259 e. The van der Waals surface area contributed by atoms with Gasteiger partial charge in [0, 0.05) is 18.2 Å². The molecule has 0 saturated heterocycles. The smallest absolute Gasteiger partial charge is 0.259 e. The van der Waals surface area contributed by atoms with Crippen LogP contribution >= 0.6 is 0 Å². The first-order valence-corrected chi connectivity index (χ1v) is 10.5. The number of carbonyl (C=O) groups excluding carboxylic acids is 1. The number of methoxy groups -OCH3 is 1. The van der Waals surface area contributed by atoms with Crippen LogP contribution in [-0.4, -0.2) is 37.9 Å². The third-order valence-corrected chi connectivity index (χ3v) is 5.18. The van der Waals surface area contributed by atoms with Crippen LogP contribution in [0.1, 0.15) is 48.2 Å². The zero-order chi connectivity index (χ0) is 23.6. The number of nitrogens with one attached hydrogen (secondary N) is 1. The summed E-state index contributed by atoms with van der Waals surface area (Å²) in [4.78, 5) is 21.6. The van der Waals surface area contributed by atoms with E-state index >= 15 is 0 Å². The number of benzene rings is 1. The van der Waals surface area contributed by atoms with E-state index < -0.39 is 0 Å². The van der Waals surface area contributed by atoms with Gasteiger partial charge in [-0.25, -0.2) is 9.67 Å². The Morgan fingerprint density at radius 3 is 2.48 bits per heavy atom. The number of nitrogens with zero attached hydrogens (tertiary/aromatic N) is 5. The fourth-order valence-electron chi connectivity index (χ4n) is 3.17. The fourth-order valence-corrected chi connectivity index (χ4v) is 3.17. The topological polar surface area (TPSA) is 108 Å². The molecule has 170 valence electrons. The summed E-state index contributed by atoms with van der Waals surface area (Å²) in [6.45, 7) is 8.30. The highest BCUT2D eigenvalue weighted by Crippen LogP contribution is 2.24. The molecule has 0 fully saturated rings. The number of pyridine rings is 1. The lowest BCUT2D eigenvalue weighted by molar-refractivity contribution is 0.0950. The van der Waals surface area contributed by atoms with E-state index in [0.29, 0.717) is 40.9 Å². The zero-order valence-corrected chi connectivity index (χ0v) is 19.3. The number of amides is 1. The monoisotopic (exact) mass is 446 g/mol. The minimum absolute atomic E-state index is 0.202. The quantitative estimate of drug-likeness (QED) is 0.479. The van der Waals surface area contributed by atoms with Gasteiger partial charge in [0.25, 0.3) is 11.8 Å². The Labute approximate surface area is 191 Å². The van der Waals surface area contributed by atoms with Crippen molar-refractivity contribution in [1.29, 1.82) is 0 Å². The summed E-state index contributed by atoms with van der Waals surface area (Å²) in [6.07, 6.45) is 3.20. The number of hydrogen-bond donors (Lipinski definition) is 1. The van der Waals surface area contributed by atoms with Crippen molar-refractivity contribution >= 4 is 5.91 Å². The molecule has 0 saturated carbocycles. The molecule has 0 bridgehead atoms. The van der Waals surface area contributed by atoms with Crippen molar-refractivity contribution in [3.8, 4) is 23.0 Å². The number of hydrogen-bond acceptors (Lipinski definition) is 7. The molecule has 1 amide bonds. The fraction of sp³-hybridized carbons (Fsp3) is 0.292. The molecule has 4 aromatic rings. The number of rotatable bonds is 6. The van der Waals surface area contributed by atoms with Crippen LogP contribution < -0.4 is 10.1 Å². The average Bonchev–Trinajstić information content (AvgIpc) is 3.45. The first-order valence-electron chi connectivity index (χ1n) is 10.5. The third-order valence-electron chi connectivity index (χ3n) is 5.18. The highest BCUT2D eigenvalue weighted by Gasteiger charge is 2.22. The summed E-state index contributed by atoms with van der Waals surface area (Å²) in [6, 6.07) is 11.2. The second-order valence-electron chi connectivity index (χ2n) is 8.66. The lowest BCUT2D eigenvalue weighted by atomic mass is 9.96. The van der Waals surface area contributed by atoms with Crippen LogP contribution in [0, 0.1) is 6.92 Å². The third kappa shape index (κ3) is 4.77. The van der Waals surface area contributed by atoms with Crippen LogP contribution in [0.15, 0.2) is 53.3 Å². The summed E-state index contributed by atoms with van der Waals surface area (Å²) >= 11 is 0. The SMILES string of the molecule is COc1ccc(CNC(=O)c2cnn(-c3ccc(-c4nc(C(C)(C)C)no4)cn3)c2C)cc1. The van der Waals surface area contributed by atoms with Gasteiger partial charge in [-0.1, -0.05) is 38.1 Å². The molecule has 9 nitrogen and oxygen atoms in total. The van der Waals surface area contributed by atoms with Crippen LogP contribution in [0.4, 0.5) is 0 Å². The van der Waals surface area contributed by atoms with E-state index in [4.69, 9.17) is 9.26 Å². The van der Waals surface area contributed by atoms with E-state index in [-0.39, 0.29) is 11.3 Å². The van der Waals surface area contributed by atoms with E-state index in [1.54, 1.807) is 30.3 Å². The predicted molar refractivity (Wildman–Crippen MR) is 122 cm³/mol. The molecule has 0 aliphatic heterocycles. The van der Waals surface area contributed by atoms with Gasteiger partial charge >= 0.3 is 0 Å². The highest BCUT2D eigenvalue weighted by atomic mass is 16.5. The lowest BCUT2D eigenvalue weighted by Gasteiger charge is -2.10. The minimum Gasteiger partial charge on any atom is -0.497 e. The Bertz CT molecular complexity index is 1250. The average molecular weight is 447 g/mol. The van der Waals surface area contributed by atoms with Crippen molar-refractivity contribution in [2.75, 3.05) is 7.11 Å². The Morgan fingerprint density at radius 1 is 1.12 bits per heavy atom. The molecule has 3 aromatic heterocycles. The first kappa shape index (κ1) is 22.2. The van der Waals surface area contributed by atoms with Crippen molar-refractivity contribution in [1.82, 2.24) is 30.2 Å². The van der Waals surface area contributed by atoms with E-state index in [2.05, 4.69) is 25.5 Å². The molecule has 0 spiro atoms. The number of ether oxygens (including phenoxy) is 1. The molecule has 9 heteroatoms. The van der Waals surface area contributed by atoms with Gasteiger partial charge in [0.15, 0.2) is 11.6 Å². The van der Waals surface area contributed by atoms with Gasteiger partial charge in [-0.3, -0.25) is 4.79 Å². The number of aromatic nitrogens is 5. The largest absolute Gasteiger partial charge is 0.497 e. The van der Waals surface area contributed by atoms with Gasteiger partial charge in [-0.15, -0.1) is 0 Å². The van der Waals surface area contributed by atoms with Crippen molar-refractivity contribution in [3.05, 3.63) is 71.4 Å². The Hall–Kier alpha value is -4.01. The minimum atomic E-state index is -0.203. The maximum absolute atomic E-state index is 12.7. The zero-order valence-electron chi connectivity index (χ0n) is 19.3. The summed E-state index contributed by atoms with van der Waals surface area (Å²) in [5.74, 6) is 2.20. The summed E-state index contributed by atoms with van der Waals surface area (Å²) in [5, 5.41) is 11.3. The number of carbonyl (C=O) groups is 1. The van der Waals surface area contributed by atoms with Crippen LogP contribution in [0.3, 0.4) is 0 Å². The van der Waals surface area contributed by atoms with Crippen LogP contribution in [0.2, 0.25) is 0 Å². The normalized spacial score (nSPS) is 11.4. The predicted octanol–water partition coefficient (Wildman–Crippen LogP) is 3.86. The van der Waals surface area contributed by atoms with Gasteiger partial charge in [0.05, 0.1) is 30.1 Å². The molecule has 0 unspecified atom stereocenters. The van der Waals surface area contributed by atoms with Gasteiger partial charge in [-0.05, 0) is 36.8 Å². The summed E-state index contributed by atoms with van der Waals surface area (Å²) in [5.41, 5.74) is 2.66. The molecule has 0 atom stereocenters. The molecule has 1 aromatic carbocycles. The molecule has 0 aliphatic carbocycles. The first-order chi connectivity index (χ1) is 15.8. The van der Waals surface area contributed by atoms with Crippen LogP contribution in [0.25, 0.3) is 17.3 Å².